The maximum atomic E-state index is 5.29. The first-order valence-corrected chi connectivity index (χ1v) is 5.98. The van der Waals surface area contributed by atoms with E-state index in [1.165, 1.54) is 0 Å². The van der Waals surface area contributed by atoms with Gasteiger partial charge < -0.3 is 4.42 Å². The molecule has 2 rings (SSSR count). The molecule has 0 radical (unpaired) electrons. The lowest BCUT2D eigenvalue weighted by Gasteiger charge is -2.02. The van der Waals surface area contributed by atoms with E-state index >= 15 is 0 Å². The first kappa shape index (κ1) is 10.4. The van der Waals surface area contributed by atoms with E-state index in [0.717, 1.165) is 16.2 Å². The van der Waals surface area contributed by atoms with E-state index in [9.17, 15) is 0 Å². The van der Waals surface area contributed by atoms with Gasteiger partial charge in [-0.15, -0.1) is 16.9 Å². The molecule has 3 nitrogen and oxygen atoms in total. The molecule has 1 N–H and O–H groups in total. The minimum Gasteiger partial charge on any atom is -0.409 e. The predicted octanol–water partition coefficient (Wildman–Crippen LogP) is 3.51. The highest BCUT2D eigenvalue weighted by molar-refractivity contribution is 7.99. The van der Waals surface area contributed by atoms with Crippen LogP contribution in [-0.2, 0) is 0 Å². The van der Waals surface area contributed by atoms with Crippen LogP contribution in [0.5, 0.6) is 0 Å². The standard InChI is InChI=1S/C10H10N2OS2/c1-2-15-8-6-4-3-5-7(8)9-11-12-10(14)13-9/h3-6H,2H2,1H3,(H,12,14). The number of nitrogens with zero attached hydrogens (tertiary/aromatic N) is 1. The van der Waals surface area contributed by atoms with E-state index in [4.69, 9.17) is 16.6 Å². The Morgan fingerprint density at radius 2 is 2.27 bits per heavy atom. The highest BCUT2D eigenvalue weighted by Crippen LogP contribution is 2.29. The number of hydrogen-bond donors (Lipinski definition) is 1. The maximum absolute atomic E-state index is 5.29. The Balaban J connectivity index is 2.47. The fourth-order valence-electron chi connectivity index (χ4n) is 1.27. The van der Waals surface area contributed by atoms with Crippen LogP contribution in [0.15, 0.2) is 33.6 Å². The predicted molar refractivity (Wildman–Crippen MR) is 63.5 cm³/mol. The molecule has 0 amide bonds. The van der Waals surface area contributed by atoms with Crippen molar-refractivity contribution in [2.24, 2.45) is 0 Å². The first-order chi connectivity index (χ1) is 7.31. The van der Waals surface area contributed by atoms with Crippen molar-refractivity contribution in [1.29, 1.82) is 0 Å². The van der Waals surface area contributed by atoms with Crippen LogP contribution in [0.1, 0.15) is 6.92 Å². The number of thioether (sulfide) groups is 1. The van der Waals surface area contributed by atoms with Gasteiger partial charge in [0, 0.05) is 4.90 Å². The van der Waals surface area contributed by atoms with Crippen LogP contribution >= 0.6 is 24.0 Å². The van der Waals surface area contributed by atoms with Crippen LogP contribution in [0.3, 0.4) is 0 Å². The van der Waals surface area contributed by atoms with Crippen LogP contribution in [-0.4, -0.2) is 16.0 Å². The van der Waals surface area contributed by atoms with Crippen LogP contribution in [0, 0.1) is 4.84 Å². The number of benzene rings is 1. The molecular weight excluding hydrogens is 228 g/mol. The van der Waals surface area contributed by atoms with E-state index < -0.39 is 0 Å². The molecule has 5 heteroatoms. The number of aromatic amines is 1. The van der Waals surface area contributed by atoms with Crippen molar-refractivity contribution in [1.82, 2.24) is 10.2 Å². The van der Waals surface area contributed by atoms with E-state index in [-0.39, 0.29) is 0 Å². The Morgan fingerprint density at radius 3 is 2.93 bits per heavy atom. The molecule has 0 unspecified atom stereocenters. The lowest BCUT2D eigenvalue weighted by molar-refractivity contribution is 0.551. The van der Waals surface area contributed by atoms with E-state index in [0.29, 0.717) is 10.7 Å². The molecule has 1 heterocycles. The topological polar surface area (TPSA) is 41.8 Å². The number of aromatic nitrogens is 2. The SMILES string of the molecule is CCSc1ccccc1-c1n[nH]c(=S)o1. The van der Waals surface area contributed by atoms with Crippen molar-refractivity contribution in [3.63, 3.8) is 0 Å². The summed E-state index contributed by atoms with van der Waals surface area (Å²) in [5.41, 5.74) is 0.983. The monoisotopic (exact) mass is 238 g/mol. The van der Waals surface area contributed by atoms with E-state index in [1.807, 2.05) is 18.2 Å². The summed E-state index contributed by atoms with van der Waals surface area (Å²) in [6.45, 7) is 2.11. The molecule has 2 aromatic rings. The Hall–Kier alpha value is -1.07. The molecule has 0 bridgehead atoms. The van der Waals surface area contributed by atoms with Gasteiger partial charge in [0.2, 0.25) is 5.89 Å². The molecule has 15 heavy (non-hydrogen) atoms. The zero-order chi connectivity index (χ0) is 10.7. The highest BCUT2D eigenvalue weighted by Gasteiger charge is 2.08. The van der Waals surface area contributed by atoms with Gasteiger partial charge in [0.25, 0.3) is 4.84 Å². The van der Waals surface area contributed by atoms with Crippen LogP contribution < -0.4 is 0 Å². The summed E-state index contributed by atoms with van der Waals surface area (Å²) in [6.07, 6.45) is 0. The average Bonchev–Trinajstić information content (AvgIpc) is 2.66. The fraction of sp³-hybridized carbons (Fsp3) is 0.200. The average molecular weight is 238 g/mol. The fourth-order valence-corrected chi connectivity index (χ4v) is 2.19. The van der Waals surface area contributed by atoms with Crippen molar-refractivity contribution >= 4 is 24.0 Å². The third-order valence-electron chi connectivity index (χ3n) is 1.86. The van der Waals surface area contributed by atoms with E-state index in [1.54, 1.807) is 11.8 Å². The highest BCUT2D eigenvalue weighted by atomic mass is 32.2. The molecule has 1 aromatic heterocycles. The molecule has 0 spiro atoms. The molecule has 0 saturated heterocycles. The van der Waals surface area contributed by atoms with Gasteiger partial charge in [0.15, 0.2) is 0 Å². The van der Waals surface area contributed by atoms with Crippen molar-refractivity contribution in [3.8, 4) is 11.5 Å². The van der Waals surface area contributed by atoms with Crippen LogP contribution in [0.25, 0.3) is 11.5 Å². The number of H-pyrrole nitrogens is 1. The van der Waals surface area contributed by atoms with Crippen molar-refractivity contribution in [3.05, 3.63) is 29.1 Å². The summed E-state index contributed by atoms with van der Waals surface area (Å²) in [6, 6.07) is 7.99. The Morgan fingerprint density at radius 1 is 1.47 bits per heavy atom. The Bertz CT molecular complexity index is 504. The molecule has 1 aromatic carbocycles. The second-order valence-electron chi connectivity index (χ2n) is 2.85. The van der Waals surface area contributed by atoms with Gasteiger partial charge in [-0.25, -0.2) is 5.10 Å². The smallest absolute Gasteiger partial charge is 0.284 e. The normalized spacial score (nSPS) is 10.5. The number of nitrogens with one attached hydrogen (secondary N) is 1. The van der Waals surface area contributed by atoms with Gasteiger partial charge in [0.05, 0.1) is 5.56 Å². The molecule has 0 aliphatic heterocycles. The van der Waals surface area contributed by atoms with Gasteiger partial charge in [-0.05, 0) is 30.1 Å². The largest absolute Gasteiger partial charge is 0.409 e. The third kappa shape index (κ3) is 2.30. The van der Waals surface area contributed by atoms with Crippen molar-refractivity contribution in [2.75, 3.05) is 5.75 Å². The van der Waals surface area contributed by atoms with Crippen LogP contribution in [0.4, 0.5) is 0 Å². The summed E-state index contributed by atoms with van der Waals surface area (Å²) in [4.78, 5) is 1.46. The number of hydrogen-bond acceptors (Lipinski definition) is 4. The summed E-state index contributed by atoms with van der Waals surface area (Å²) in [5, 5.41) is 6.65. The minimum absolute atomic E-state index is 0.307. The zero-order valence-corrected chi connectivity index (χ0v) is 9.82. The molecule has 0 aliphatic rings. The minimum atomic E-state index is 0.307. The molecule has 0 saturated carbocycles. The Kier molecular flexibility index (Phi) is 3.23. The zero-order valence-electron chi connectivity index (χ0n) is 8.19. The number of rotatable bonds is 3. The van der Waals surface area contributed by atoms with Gasteiger partial charge >= 0.3 is 0 Å². The summed E-state index contributed by atoms with van der Waals surface area (Å²) < 4.78 is 5.29. The lowest BCUT2D eigenvalue weighted by atomic mass is 10.2. The van der Waals surface area contributed by atoms with Gasteiger partial charge in [0.1, 0.15) is 0 Å². The van der Waals surface area contributed by atoms with Crippen LogP contribution in [0.2, 0.25) is 0 Å². The molecule has 0 aliphatic carbocycles. The quantitative estimate of drug-likeness (QED) is 0.656. The second-order valence-corrected chi connectivity index (χ2v) is 4.52. The first-order valence-electron chi connectivity index (χ1n) is 4.59. The summed E-state index contributed by atoms with van der Waals surface area (Å²) >= 11 is 6.61. The summed E-state index contributed by atoms with van der Waals surface area (Å²) in [7, 11) is 0. The molecular formula is C10H10N2OS2. The van der Waals surface area contributed by atoms with Crippen molar-refractivity contribution in [2.45, 2.75) is 11.8 Å². The lowest BCUT2D eigenvalue weighted by Crippen LogP contribution is -1.82. The maximum Gasteiger partial charge on any atom is 0.284 e. The molecule has 0 atom stereocenters. The van der Waals surface area contributed by atoms with Gasteiger partial charge in [-0.2, -0.15) is 0 Å². The third-order valence-corrected chi connectivity index (χ3v) is 2.99. The molecule has 0 fully saturated rings. The van der Waals surface area contributed by atoms with Crippen molar-refractivity contribution < 1.29 is 4.42 Å². The van der Waals surface area contributed by atoms with Gasteiger partial charge in [-0.1, -0.05) is 19.1 Å². The Labute approximate surface area is 96.9 Å². The molecule has 78 valence electrons. The second kappa shape index (κ2) is 4.63. The summed E-state index contributed by atoms with van der Waals surface area (Å²) in [5.74, 6) is 1.57. The van der Waals surface area contributed by atoms with E-state index in [2.05, 4.69) is 23.2 Å². The van der Waals surface area contributed by atoms with Gasteiger partial charge in [-0.3, -0.25) is 0 Å².